The molecule has 4 aromatic rings. The van der Waals surface area contributed by atoms with Crippen molar-refractivity contribution in [3.05, 3.63) is 79.3 Å². The van der Waals surface area contributed by atoms with Crippen LogP contribution in [0.5, 0.6) is 0 Å². The molecule has 2 aromatic carbocycles. The minimum absolute atomic E-state index is 0.258. The maximum Gasteiger partial charge on any atom is 0.247 e. The number of rotatable bonds is 9. The third-order valence-corrected chi connectivity index (χ3v) is 9.12. The van der Waals surface area contributed by atoms with Gasteiger partial charge in [-0.25, -0.2) is 9.37 Å². The topological polar surface area (TPSA) is 94.4 Å². The summed E-state index contributed by atoms with van der Waals surface area (Å²) in [6.07, 6.45) is 7.13. The van der Waals surface area contributed by atoms with E-state index in [1.807, 2.05) is 35.1 Å². The predicted octanol–water partition coefficient (Wildman–Crippen LogP) is 5.27. The number of piperidine rings is 1. The average molecular weight is 628 g/mol. The van der Waals surface area contributed by atoms with Crippen LogP contribution in [0.4, 0.5) is 27.3 Å². The van der Waals surface area contributed by atoms with Crippen molar-refractivity contribution in [3.63, 3.8) is 0 Å². The molecule has 2 aliphatic heterocycles. The summed E-state index contributed by atoms with van der Waals surface area (Å²) in [6, 6.07) is 16.6. The number of nitrogens with zero attached hydrogens (tertiary/aromatic N) is 7. The minimum atomic E-state index is -0.310. The molecule has 2 fully saturated rings. The summed E-state index contributed by atoms with van der Waals surface area (Å²) in [7, 11) is 2.19. The van der Waals surface area contributed by atoms with Gasteiger partial charge in [0.05, 0.1) is 17.1 Å². The van der Waals surface area contributed by atoms with Crippen LogP contribution in [0.15, 0.2) is 78.6 Å². The van der Waals surface area contributed by atoms with Gasteiger partial charge in [0.1, 0.15) is 11.6 Å². The molecule has 0 atom stereocenters. The number of likely N-dealkylation sites (N-methyl/N-ethyl adjacent to an activating group) is 1. The van der Waals surface area contributed by atoms with Gasteiger partial charge in [0, 0.05) is 68.8 Å². The highest BCUT2D eigenvalue weighted by Gasteiger charge is 2.28. The fourth-order valence-electron chi connectivity index (χ4n) is 6.03. The van der Waals surface area contributed by atoms with E-state index in [1.165, 1.54) is 30.0 Å². The Morgan fingerprint density at radius 1 is 1.00 bits per heavy atom. The number of halogens is 1. The van der Waals surface area contributed by atoms with Gasteiger partial charge in [-0.2, -0.15) is 0 Å². The van der Waals surface area contributed by atoms with E-state index < -0.39 is 0 Å². The van der Waals surface area contributed by atoms with Gasteiger partial charge in [0.15, 0.2) is 11.0 Å². The zero-order valence-electron chi connectivity index (χ0n) is 25.6. The van der Waals surface area contributed by atoms with Crippen LogP contribution in [-0.4, -0.2) is 94.1 Å². The smallest absolute Gasteiger partial charge is 0.247 e. The summed E-state index contributed by atoms with van der Waals surface area (Å²) in [6.45, 7) is 10.00. The Kier molecular flexibility index (Phi) is 9.43. The lowest BCUT2D eigenvalue weighted by Crippen LogP contribution is -2.52. The molecule has 2 aliphatic rings. The summed E-state index contributed by atoms with van der Waals surface area (Å²) in [4.78, 5) is 24.4. The second-order valence-corrected chi connectivity index (χ2v) is 12.1. The molecular formula is C33H38FN9OS. The van der Waals surface area contributed by atoms with Crippen LogP contribution >= 0.6 is 11.8 Å². The Balaban J connectivity index is 1.22. The fraction of sp³-hybridized carbons (Fsp3) is 0.333. The van der Waals surface area contributed by atoms with Crippen molar-refractivity contribution in [3.8, 4) is 17.1 Å². The standard InChI is InChI=1S/C33H38FN9OS/c1-4-31(44)37-28-21-25(9-10-29(28)42-15-12-26(13-16-42)41-19-17-40(2)18-20-41)36-30-22-27(11-14-35-30)43-32(38-39-33(43)45-3)23-5-7-24(34)8-6-23/h4-11,14,21-22,26H,1,12-13,15-20H2,2-3H3,(H,35,36)(H,37,44). The van der Waals surface area contributed by atoms with Crippen LogP contribution in [0.2, 0.25) is 0 Å². The molecule has 6 rings (SSSR count). The van der Waals surface area contributed by atoms with Gasteiger partial charge in [0.25, 0.3) is 0 Å². The van der Waals surface area contributed by atoms with E-state index in [0.29, 0.717) is 22.8 Å². The molecule has 234 valence electrons. The zero-order chi connectivity index (χ0) is 31.3. The lowest BCUT2D eigenvalue weighted by Gasteiger charge is -2.43. The van der Waals surface area contributed by atoms with Crippen LogP contribution in [-0.2, 0) is 4.79 Å². The largest absolute Gasteiger partial charge is 0.370 e. The molecule has 0 saturated carbocycles. The van der Waals surface area contributed by atoms with Gasteiger partial charge < -0.3 is 20.4 Å². The molecule has 2 N–H and O–H groups in total. The van der Waals surface area contributed by atoms with Gasteiger partial charge in [-0.1, -0.05) is 18.3 Å². The number of hydrogen-bond acceptors (Lipinski definition) is 9. The van der Waals surface area contributed by atoms with Crippen LogP contribution in [0.1, 0.15) is 12.8 Å². The molecular weight excluding hydrogens is 589 g/mol. The van der Waals surface area contributed by atoms with E-state index in [9.17, 15) is 9.18 Å². The lowest BCUT2D eigenvalue weighted by atomic mass is 10.0. The van der Waals surface area contributed by atoms with Gasteiger partial charge in [-0.3, -0.25) is 14.3 Å². The van der Waals surface area contributed by atoms with Crippen molar-refractivity contribution < 1.29 is 9.18 Å². The van der Waals surface area contributed by atoms with Crippen molar-refractivity contribution in [2.75, 3.05) is 68.1 Å². The Hall–Kier alpha value is -4.26. The first-order valence-electron chi connectivity index (χ1n) is 15.2. The summed E-state index contributed by atoms with van der Waals surface area (Å²) >= 11 is 1.47. The Morgan fingerprint density at radius 3 is 2.47 bits per heavy atom. The van der Waals surface area contributed by atoms with Gasteiger partial charge in [-0.15, -0.1) is 10.2 Å². The van der Waals surface area contributed by atoms with Crippen LogP contribution in [0, 0.1) is 5.82 Å². The SMILES string of the molecule is C=CC(=O)Nc1cc(Nc2cc(-n3c(SC)nnc3-c3ccc(F)cc3)ccn2)ccc1N1CCC(N2CCN(C)CC2)CC1. The zero-order valence-corrected chi connectivity index (χ0v) is 26.4. The first kappa shape index (κ1) is 30.8. The fourth-order valence-corrected chi connectivity index (χ4v) is 6.52. The monoisotopic (exact) mass is 627 g/mol. The van der Waals surface area contributed by atoms with E-state index in [4.69, 9.17) is 0 Å². The predicted molar refractivity (Wildman–Crippen MR) is 179 cm³/mol. The van der Waals surface area contributed by atoms with E-state index in [1.54, 1.807) is 18.3 Å². The van der Waals surface area contributed by atoms with Gasteiger partial charge in [0.2, 0.25) is 5.91 Å². The number of carbonyl (C=O) groups is 1. The van der Waals surface area contributed by atoms with Crippen molar-refractivity contribution in [1.82, 2.24) is 29.5 Å². The van der Waals surface area contributed by atoms with Gasteiger partial charge in [-0.05, 0) is 80.8 Å². The number of benzene rings is 2. The second-order valence-electron chi connectivity index (χ2n) is 11.4. The maximum absolute atomic E-state index is 13.6. The number of piperazine rings is 1. The van der Waals surface area contributed by atoms with Crippen molar-refractivity contribution in [2.24, 2.45) is 0 Å². The third kappa shape index (κ3) is 7.03. The molecule has 0 aliphatic carbocycles. The molecule has 12 heteroatoms. The first-order valence-corrected chi connectivity index (χ1v) is 16.4. The molecule has 2 aromatic heterocycles. The molecule has 45 heavy (non-hydrogen) atoms. The number of anilines is 4. The molecule has 0 bridgehead atoms. The van der Waals surface area contributed by atoms with Crippen molar-refractivity contribution in [2.45, 2.75) is 24.0 Å². The number of nitrogens with one attached hydrogen (secondary N) is 2. The highest BCUT2D eigenvalue weighted by atomic mass is 32.2. The van der Waals surface area contributed by atoms with E-state index >= 15 is 0 Å². The van der Waals surface area contributed by atoms with E-state index in [0.717, 1.165) is 80.4 Å². The normalized spacial score (nSPS) is 16.5. The maximum atomic E-state index is 13.6. The number of thioether (sulfide) groups is 1. The Labute approximate surface area is 267 Å². The second kappa shape index (κ2) is 13.8. The van der Waals surface area contributed by atoms with Crippen LogP contribution < -0.4 is 15.5 Å². The number of pyridine rings is 1. The number of amides is 1. The minimum Gasteiger partial charge on any atom is -0.370 e. The first-order chi connectivity index (χ1) is 21.9. The Bertz CT molecular complexity index is 1640. The van der Waals surface area contributed by atoms with E-state index in [-0.39, 0.29) is 11.7 Å². The van der Waals surface area contributed by atoms with Crippen molar-refractivity contribution >= 4 is 40.5 Å². The van der Waals surface area contributed by atoms with Crippen molar-refractivity contribution in [1.29, 1.82) is 0 Å². The summed E-state index contributed by atoms with van der Waals surface area (Å²) < 4.78 is 15.5. The Morgan fingerprint density at radius 2 is 1.76 bits per heavy atom. The molecule has 10 nitrogen and oxygen atoms in total. The number of aromatic nitrogens is 4. The third-order valence-electron chi connectivity index (χ3n) is 8.49. The van der Waals surface area contributed by atoms with E-state index in [2.05, 4.69) is 60.2 Å². The highest BCUT2D eigenvalue weighted by molar-refractivity contribution is 7.98. The molecule has 0 unspecified atom stereocenters. The molecule has 0 spiro atoms. The average Bonchev–Trinajstić information content (AvgIpc) is 3.50. The summed E-state index contributed by atoms with van der Waals surface area (Å²) in [5.74, 6) is 0.646. The number of hydrogen-bond donors (Lipinski definition) is 2. The van der Waals surface area contributed by atoms with Crippen LogP contribution in [0.3, 0.4) is 0 Å². The summed E-state index contributed by atoms with van der Waals surface area (Å²) in [5.41, 5.74) is 4.05. The molecule has 4 heterocycles. The van der Waals surface area contributed by atoms with Gasteiger partial charge >= 0.3 is 0 Å². The number of carbonyl (C=O) groups excluding carboxylic acids is 1. The summed E-state index contributed by atoms with van der Waals surface area (Å²) in [5, 5.41) is 15.8. The quantitative estimate of drug-likeness (QED) is 0.190. The molecule has 2 saturated heterocycles. The lowest BCUT2D eigenvalue weighted by molar-refractivity contribution is -0.111. The molecule has 0 radical (unpaired) electrons. The molecule has 1 amide bonds. The van der Waals surface area contributed by atoms with Crippen LogP contribution in [0.25, 0.3) is 17.1 Å². The highest BCUT2D eigenvalue weighted by Crippen LogP contribution is 2.34.